The van der Waals surface area contributed by atoms with Crippen LogP contribution in [0.15, 0.2) is 28.7 Å². The van der Waals surface area contributed by atoms with E-state index in [1.54, 1.807) is 0 Å². The molecule has 0 bridgehead atoms. The predicted octanol–water partition coefficient (Wildman–Crippen LogP) is 4.18. The number of rotatable bonds is 6. The highest BCUT2D eigenvalue weighted by Gasteiger charge is 2.30. The summed E-state index contributed by atoms with van der Waals surface area (Å²) < 4.78 is 1.16. The molecule has 2 nitrogen and oxygen atoms in total. The van der Waals surface area contributed by atoms with Crippen molar-refractivity contribution in [3.8, 4) is 0 Å². The fourth-order valence-electron chi connectivity index (χ4n) is 3.31. The second kappa shape index (κ2) is 7.58. The van der Waals surface area contributed by atoms with Gasteiger partial charge >= 0.3 is 0 Å². The summed E-state index contributed by atoms with van der Waals surface area (Å²) in [6, 6.07) is 8.58. The van der Waals surface area contributed by atoms with Crippen LogP contribution in [-0.4, -0.2) is 25.0 Å². The second-order valence-corrected chi connectivity index (χ2v) is 7.30. The Bertz CT molecular complexity index is 413. The standard InChI is InChI=1S/C17H27BrN2/c1-20(13-15-6-5-7-16(18)12-15)11-10-17(14-19)8-3-2-4-9-17/h5-7,12H,2-4,8-11,13-14,19H2,1H3. The molecule has 1 aromatic carbocycles. The number of hydrogen-bond acceptors (Lipinski definition) is 2. The lowest BCUT2D eigenvalue weighted by Crippen LogP contribution is -2.36. The third-order valence-corrected chi connectivity index (χ3v) is 5.21. The Kier molecular flexibility index (Phi) is 6.06. The lowest BCUT2D eigenvalue weighted by Gasteiger charge is -2.37. The first-order chi connectivity index (χ1) is 9.63. The number of nitrogens with two attached hydrogens (primary N) is 1. The van der Waals surface area contributed by atoms with Crippen molar-refractivity contribution in [1.82, 2.24) is 4.90 Å². The summed E-state index contributed by atoms with van der Waals surface area (Å²) >= 11 is 3.54. The monoisotopic (exact) mass is 338 g/mol. The van der Waals surface area contributed by atoms with Crippen LogP contribution in [0.4, 0.5) is 0 Å². The summed E-state index contributed by atoms with van der Waals surface area (Å²) in [5, 5.41) is 0. The van der Waals surface area contributed by atoms with Gasteiger partial charge in [0.25, 0.3) is 0 Å². The van der Waals surface area contributed by atoms with Gasteiger partial charge in [0.1, 0.15) is 0 Å². The van der Waals surface area contributed by atoms with E-state index in [0.29, 0.717) is 5.41 Å². The maximum atomic E-state index is 6.07. The Labute approximate surface area is 131 Å². The van der Waals surface area contributed by atoms with E-state index in [1.165, 1.54) is 44.1 Å². The molecule has 0 aromatic heterocycles. The van der Waals surface area contributed by atoms with Crippen molar-refractivity contribution in [1.29, 1.82) is 0 Å². The van der Waals surface area contributed by atoms with Gasteiger partial charge in [0, 0.05) is 11.0 Å². The smallest absolute Gasteiger partial charge is 0.0231 e. The Balaban J connectivity index is 1.83. The van der Waals surface area contributed by atoms with Crippen molar-refractivity contribution < 1.29 is 0 Å². The van der Waals surface area contributed by atoms with E-state index >= 15 is 0 Å². The van der Waals surface area contributed by atoms with Gasteiger partial charge in [-0.2, -0.15) is 0 Å². The quantitative estimate of drug-likeness (QED) is 0.842. The summed E-state index contributed by atoms with van der Waals surface area (Å²) in [4.78, 5) is 2.42. The molecule has 1 aliphatic rings. The van der Waals surface area contributed by atoms with Crippen LogP contribution in [0.25, 0.3) is 0 Å². The fourth-order valence-corrected chi connectivity index (χ4v) is 3.76. The summed E-state index contributed by atoms with van der Waals surface area (Å²) in [7, 11) is 2.22. The molecule has 0 saturated heterocycles. The van der Waals surface area contributed by atoms with E-state index in [4.69, 9.17) is 5.73 Å². The number of nitrogens with zero attached hydrogens (tertiary/aromatic N) is 1. The van der Waals surface area contributed by atoms with E-state index in [9.17, 15) is 0 Å². The first kappa shape index (κ1) is 16.0. The Morgan fingerprint density at radius 2 is 2.00 bits per heavy atom. The molecule has 0 heterocycles. The van der Waals surface area contributed by atoms with E-state index in [-0.39, 0.29) is 0 Å². The molecule has 112 valence electrons. The van der Waals surface area contributed by atoms with Gasteiger partial charge in [0.2, 0.25) is 0 Å². The summed E-state index contributed by atoms with van der Waals surface area (Å²) in [5.41, 5.74) is 7.86. The predicted molar refractivity (Wildman–Crippen MR) is 89.7 cm³/mol. The topological polar surface area (TPSA) is 29.3 Å². The van der Waals surface area contributed by atoms with Crippen molar-refractivity contribution in [2.75, 3.05) is 20.1 Å². The Morgan fingerprint density at radius 1 is 1.25 bits per heavy atom. The normalized spacial score (nSPS) is 18.4. The third kappa shape index (κ3) is 4.57. The summed E-state index contributed by atoms with van der Waals surface area (Å²) in [6.07, 6.45) is 8.03. The van der Waals surface area contributed by atoms with Crippen LogP contribution in [0.2, 0.25) is 0 Å². The van der Waals surface area contributed by atoms with Gasteiger partial charge in [-0.1, -0.05) is 47.3 Å². The zero-order chi connectivity index (χ0) is 14.4. The molecule has 1 aliphatic carbocycles. The summed E-state index contributed by atoms with van der Waals surface area (Å²) in [5.74, 6) is 0. The van der Waals surface area contributed by atoms with Crippen molar-refractivity contribution in [2.45, 2.75) is 45.1 Å². The van der Waals surface area contributed by atoms with E-state index in [1.807, 2.05) is 0 Å². The molecule has 0 atom stereocenters. The van der Waals surface area contributed by atoms with Gasteiger partial charge in [-0.25, -0.2) is 0 Å². The highest BCUT2D eigenvalue weighted by Crippen LogP contribution is 2.38. The maximum Gasteiger partial charge on any atom is 0.0231 e. The van der Waals surface area contributed by atoms with Crippen LogP contribution in [0.3, 0.4) is 0 Å². The molecule has 0 amide bonds. The van der Waals surface area contributed by atoms with E-state index in [2.05, 4.69) is 52.1 Å². The van der Waals surface area contributed by atoms with Crippen LogP contribution in [0.5, 0.6) is 0 Å². The number of halogens is 1. The number of benzene rings is 1. The van der Waals surface area contributed by atoms with E-state index < -0.39 is 0 Å². The summed E-state index contributed by atoms with van der Waals surface area (Å²) in [6.45, 7) is 3.02. The molecule has 1 fully saturated rings. The van der Waals surface area contributed by atoms with Crippen molar-refractivity contribution >= 4 is 15.9 Å². The fraction of sp³-hybridized carbons (Fsp3) is 0.647. The molecule has 2 N–H and O–H groups in total. The van der Waals surface area contributed by atoms with Crippen LogP contribution in [0, 0.1) is 5.41 Å². The Morgan fingerprint density at radius 3 is 2.65 bits per heavy atom. The van der Waals surface area contributed by atoms with Crippen LogP contribution >= 0.6 is 15.9 Å². The van der Waals surface area contributed by atoms with Crippen molar-refractivity contribution in [3.63, 3.8) is 0 Å². The minimum atomic E-state index is 0.420. The van der Waals surface area contributed by atoms with Gasteiger partial charge in [0.05, 0.1) is 0 Å². The average Bonchev–Trinajstić information content (AvgIpc) is 2.46. The van der Waals surface area contributed by atoms with Gasteiger partial charge in [0.15, 0.2) is 0 Å². The largest absolute Gasteiger partial charge is 0.330 e. The molecule has 20 heavy (non-hydrogen) atoms. The SMILES string of the molecule is CN(CCC1(CN)CCCCC1)Cc1cccc(Br)c1. The molecule has 1 aromatic rings. The molecule has 2 rings (SSSR count). The highest BCUT2D eigenvalue weighted by atomic mass is 79.9. The van der Waals surface area contributed by atoms with Gasteiger partial charge < -0.3 is 10.6 Å². The molecule has 0 radical (unpaired) electrons. The van der Waals surface area contributed by atoms with Gasteiger partial charge in [-0.3, -0.25) is 0 Å². The van der Waals surface area contributed by atoms with Gasteiger partial charge in [-0.15, -0.1) is 0 Å². The minimum absolute atomic E-state index is 0.420. The van der Waals surface area contributed by atoms with E-state index in [0.717, 1.165) is 24.1 Å². The Hall–Kier alpha value is -0.380. The minimum Gasteiger partial charge on any atom is -0.330 e. The molecule has 1 saturated carbocycles. The molecular weight excluding hydrogens is 312 g/mol. The zero-order valence-corrected chi connectivity index (χ0v) is 14.2. The third-order valence-electron chi connectivity index (χ3n) is 4.71. The molecule has 0 aliphatic heterocycles. The van der Waals surface area contributed by atoms with Crippen LogP contribution in [0.1, 0.15) is 44.1 Å². The lowest BCUT2D eigenvalue weighted by molar-refractivity contribution is 0.154. The van der Waals surface area contributed by atoms with Crippen LogP contribution in [-0.2, 0) is 6.54 Å². The highest BCUT2D eigenvalue weighted by molar-refractivity contribution is 9.10. The molecule has 0 spiro atoms. The van der Waals surface area contributed by atoms with Gasteiger partial charge in [-0.05, 0) is 62.5 Å². The zero-order valence-electron chi connectivity index (χ0n) is 12.6. The second-order valence-electron chi connectivity index (χ2n) is 6.38. The lowest BCUT2D eigenvalue weighted by atomic mass is 9.72. The first-order valence-electron chi connectivity index (χ1n) is 7.77. The molecule has 3 heteroatoms. The first-order valence-corrected chi connectivity index (χ1v) is 8.56. The number of hydrogen-bond donors (Lipinski definition) is 1. The van der Waals surface area contributed by atoms with Crippen LogP contribution < -0.4 is 5.73 Å². The maximum absolute atomic E-state index is 6.07. The molecular formula is C17H27BrN2. The molecule has 0 unspecified atom stereocenters. The van der Waals surface area contributed by atoms with Crippen molar-refractivity contribution in [3.05, 3.63) is 34.3 Å². The van der Waals surface area contributed by atoms with Crippen molar-refractivity contribution in [2.24, 2.45) is 11.1 Å². The average molecular weight is 339 g/mol.